The third-order valence-electron chi connectivity index (χ3n) is 3.90. The molecule has 0 fully saturated rings. The van der Waals surface area contributed by atoms with Gasteiger partial charge in [-0.1, -0.05) is 30.3 Å². The van der Waals surface area contributed by atoms with Crippen molar-refractivity contribution >= 4 is 17.6 Å². The van der Waals surface area contributed by atoms with Crippen LogP contribution in [-0.4, -0.2) is 35.1 Å². The highest BCUT2D eigenvalue weighted by atomic mass is 16.6. The van der Waals surface area contributed by atoms with E-state index in [-0.39, 0.29) is 36.6 Å². The molecule has 8 heteroatoms. The fraction of sp³-hybridized carbons (Fsp3) is 0.263. The van der Waals surface area contributed by atoms with Crippen molar-refractivity contribution in [2.75, 3.05) is 13.2 Å². The number of nitrogens with zero attached hydrogens (tertiary/aromatic N) is 1. The Morgan fingerprint density at radius 1 is 1.22 bits per heavy atom. The summed E-state index contributed by atoms with van der Waals surface area (Å²) in [5, 5.41) is 23.1. The molecular formula is C19H20N2O6. The quantitative estimate of drug-likeness (QED) is 0.516. The molecule has 1 atom stereocenters. The largest absolute Gasteiger partial charge is 0.487 e. The van der Waals surface area contributed by atoms with Crippen LogP contribution in [0, 0.1) is 16.0 Å². The lowest BCUT2D eigenvalue weighted by Gasteiger charge is -2.14. The summed E-state index contributed by atoms with van der Waals surface area (Å²) in [6.45, 7) is 1.86. The number of carbonyl (C=O) groups is 2. The van der Waals surface area contributed by atoms with Crippen molar-refractivity contribution in [1.82, 2.24) is 5.32 Å². The van der Waals surface area contributed by atoms with Crippen LogP contribution >= 0.6 is 0 Å². The Bertz CT molecular complexity index is 822. The molecule has 1 unspecified atom stereocenters. The lowest BCUT2D eigenvalue weighted by molar-refractivity contribution is -0.385. The van der Waals surface area contributed by atoms with E-state index in [1.807, 2.05) is 30.3 Å². The summed E-state index contributed by atoms with van der Waals surface area (Å²) in [7, 11) is 0. The number of benzene rings is 2. The number of nitro groups is 1. The second kappa shape index (κ2) is 9.33. The fourth-order valence-corrected chi connectivity index (χ4v) is 2.54. The number of aliphatic carboxylic acids is 1. The standard InChI is InChI=1S/C19H20N2O6/c1-2-27-17-9-8-14(11-16(17)21(25)26)18(22)20-12-15(19(23)24)10-13-6-4-3-5-7-13/h3-9,11,15H,2,10,12H2,1H3,(H,20,22)(H,23,24). The number of ether oxygens (including phenoxy) is 1. The van der Waals surface area contributed by atoms with Gasteiger partial charge in [0.1, 0.15) is 0 Å². The molecule has 2 N–H and O–H groups in total. The average molecular weight is 372 g/mol. The Hall–Kier alpha value is -3.42. The molecule has 0 heterocycles. The summed E-state index contributed by atoms with van der Waals surface area (Å²) in [6, 6.07) is 13.0. The van der Waals surface area contributed by atoms with Gasteiger partial charge in [-0.15, -0.1) is 0 Å². The van der Waals surface area contributed by atoms with Crippen LogP contribution in [0.25, 0.3) is 0 Å². The molecule has 142 valence electrons. The molecule has 0 bridgehead atoms. The minimum absolute atomic E-state index is 0.0639. The first-order valence-electron chi connectivity index (χ1n) is 8.38. The highest BCUT2D eigenvalue weighted by Gasteiger charge is 2.22. The van der Waals surface area contributed by atoms with Crippen molar-refractivity contribution in [2.45, 2.75) is 13.3 Å². The number of hydrogen-bond donors (Lipinski definition) is 2. The zero-order valence-electron chi connectivity index (χ0n) is 14.8. The number of hydrogen-bond acceptors (Lipinski definition) is 5. The lowest BCUT2D eigenvalue weighted by atomic mass is 9.99. The maximum absolute atomic E-state index is 12.3. The monoisotopic (exact) mass is 372 g/mol. The van der Waals surface area contributed by atoms with Crippen LogP contribution in [-0.2, 0) is 11.2 Å². The first-order chi connectivity index (χ1) is 12.9. The summed E-state index contributed by atoms with van der Waals surface area (Å²) in [5.41, 5.74) is 0.591. The van der Waals surface area contributed by atoms with Crippen LogP contribution in [0.1, 0.15) is 22.8 Å². The lowest BCUT2D eigenvalue weighted by Crippen LogP contribution is -2.34. The summed E-state index contributed by atoms with van der Waals surface area (Å²) >= 11 is 0. The minimum atomic E-state index is -1.03. The molecule has 0 saturated heterocycles. The van der Waals surface area contributed by atoms with Crippen molar-refractivity contribution in [1.29, 1.82) is 0 Å². The number of nitro benzene ring substituents is 1. The minimum Gasteiger partial charge on any atom is -0.487 e. The predicted octanol–water partition coefficient (Wildman–Crippen LogP) is 2.67. The second-order valence-corrected chi connectivity index (χ2v) is 5.81. The molecule has 2 rings (SSSR count). The number of amides is 1. The molecular weight excluding hydrogens is 352 g/mol. The molecule has 1 amide bonds. The molecule has 0 aromatic heterocycles. The predicted molar refractivity (Wildman–Crippen MR) is 97.9 cm³/mol. The summed E-state index contributed by atoms with van der Waals surface area (Å²) < 4.78 is 5.18. The van der Waals surface area contributed by atoms with E-state index in [0.29, 0.717) is 0 Å². The molecule has 0 spiro atoms. The van der Waals surface area contributed by atoms with Crippen molar-refractivity contribution in [3.63, 3.8) is 0 Å². The van der Waals surface area contributed by atoms with Crippen molar-refractivity contribution in [2.24, 2.45) is 5.92 Å². The van der Waals surface area contributed by atoms with Gasteiger partial charge in [0.2, 0.25) is 0 Å². The number of carboxylic acids is 1. The van der Waals surface area contributed by atoms with E-state index in [2.05, 4.69) is 5.32 Å². The van der Waals surface area contributed by atoms with Gasteiger partial charge in [-0.25, -0.2) is 0 Å². The van der Waals surface area contributed by atoms with Crippen molar-refractivity contribution in [3.05, 3.63) is 69.8 Å². The molecule has 2 aromatic carbocycles. The van der Waals surface area contributed by atoms with E-state index < -0.39 is 22.7 Å². The number of nitrogens with one attached hydrogen (secondary N) is 1. The highest BCUT2D eigenvalue weighted by molar-refractivity contribution is 5.95. The van der Waals surface area contributed by atoms with Gasteiger partial charge in [-0.05, 0) is 31.0 Å². The number of carbonyl (C=O) groups excluding carboxylic acids is 1. The van der Waals surface area contributed by atoms with Crippen LogP contribution in [0.3, 0.4) is 0 Å². The Balaban J connectivity index is 2.08. The normalized spacial score (nSPS) is 11.4. The van der Waals surface area contributed by atoms with Gasteiger partial charge < -0.3 is 15.2 Å². The zero-order chi connectivity index (χ0) is 19.8. The molecule has 0 aliphatic heterocycles. The fourth-order valence-electron chi connectivity index (χ4n) is 2.54. The summed E-state index contributed by atoms with van der Waals surface area (Å²) in [6.07, 6.45) is 0.264. The van der Waals surface area contributed by atoms with E-state index >= 15 is 0 Å². The molecule has 0 radical (unpaired) electrons. The molecule has 2 aromatic rings. The first kappa shape index (κ1) is 19.9. The van der Waals surface area contributed by atoms with Crippen molar-refractivity contribution < 1.29 is 24.4 Å². The zero-order valence-corrected chi connectivity index (χ0v) is 14.8. The average Bonchev–Trinajstić information content (AvgIpc) is 2.65. The topological polar surface area (TPSA) is 119 Å². The number of rotatable bonds is 9. The van der Waals surface area contributed by atoms with E-state index in [1.165, 1.54) is 12.1 Å². The van der Waals surface area contributed by atoms with E-state index in [1.54, 1.807) is 6.92 Å². The van der Waals surface area contributed by atoms with E-state index in [0.717, 1.165) is 11.6 Å². The first-order valence-corrected chi connectivity index (χ1v) is 8.38. The van der Waals surface area contributed by atoms with Crippen LogP contribution in [0.15, 0.2) is 48.5 Å². The van der Waals surface area contributed by atoms with Gasteiger partial charge in [0, 0.05) is 18.2 Å². The van der Waals surface area contributed by atoms with Gasteiger partial charge >= 0.3 is 11.7 Å². The van der Waals surface area contributed by atoms with Crippen LogP contribution < -0.4 is 10.1 Å². The Labute approximate surface area is 155 Å². The summed E-state index contributed by atoms with van der Waals surface area (Å²) in [5.74, 6) is -2.35. The van der Waals surface area contributed by atoms with Gasteiger partial charge in [-0.2, -0.15) is 0 Å². The summed E-state index contributed by atoms with van der Waals surface area (Å²) in [4.78, 5) is 34.3. The third kappa shape index (κ3) is 5.53. The van der Waals surface area contributed by atoms with Crippen LogP contribution in [0.4, 0.5) is 5.69 Å². The smallest absolute Gasteiger partial charge is 0.311 e. The van der Waals surface area contributed by atoms with E-state index in [4.69, 9.17) is 4.74 Å². The molecule has 0 aliphatic rings. The van der Waals surface area contributed by atoms with E-state index in [9.17, 15) is 24.8 Å². The van der Waals surface area contributed by atoms with Crippen LogP contribution in [0.2, 0.25) is 0 Å². The Morgan fingerprint density at radius 3 is 2.52 bits per heavy atom. The Kier molecular flexibility index (Phi) is 6.87. The maximum atomic E-state index is 12.3. The molecule has 8 nitrogen and oxygen atoms in total. The highest BCUT2D eigenvalue weighted by Crippen LogP contribution is 2.28. The number of carboxylic acid groups (broad SMARTS) is 1. The third-order valence-corrected chi connectivity index (χ3v) is 3.90. The van der Waals surface area contributed by atoms with Crippen molar-refractivity contribution in [3.8, 4) is 5.75 Å². The second-order valence-electron chi connectivity index (χ2n) is 5.81. The van der Waals surface area contributed by atoms with Crippen LogP contribution in [0.5, 0.6) is 5.75 Å². The van der Waals surface area contributed by atoms with Gasteiger partial charge in [0.05, 0.1) is 17.4 Å². The Morgan fingerprint density at radius 2 is 1.93 bits per heavy atom. The molecule has 0 saturated carbocycles. The molecule has 0 aliphatic carbocycles. The maximum Gasteiger partial charge on any atom is 0.311 e. The SMILES string of the molecule is CCOc1ccc(C(=O)NCC(Cc2ccccc2)C(=O)O)cc1[N+](=O)[O-]. The van der Waals surface area contributed by atoms with Gasteiger partial charge in [0.15, 0.2) is 5.75 Å². The molecule has 27 heavy (non-hydrogen) atoms. The van der Waals surface area contributed by atoms with Gasteiger partial charge in [0.25, 0.3) is 5.91 Å². The van der Waals surface area contributed by atoms with Gasteiger partial charge in [-0.3, -0.25) is 19.7 Å².